The van der Waals surface area contributed by atoms with Crippen molar-refractivity contribution in [2.45, 2.75) is 96.3 Å². The van der Waals surface area contributed by atoms with E-state index in [4.69, 9.17) is 0 Å². The maximum absolute atomic E-state index is 13.2. The fourth-order valence-corrected chi connectivity index (χ4v) is 7.21. The predicted octanol–water partition coefficient (Wildman–Crippen LogP) is 4.80. The number of rotatable bonds is 10. The summed E-state index contributed by atoms with van der Waals surface area (Å²) in [7, 11) is 0. The number of amides is 1. The Kier molecular flexibility index (Phi) is 6.34. The molecule has 0 atom stereocenters. The van der Waals surface area contributed by atoms with Crippen molar-refractivity contribution in [2.75, 3.05) is 5.75 Å². The number of unbranched alkanes of at least 4 members (excludes halogenated alkanes) is 2. The number of hydrogen-bond acceptors (Lipinski definition) is 4. The average Bonchev–Trinajstić information content (AvgIpc) is 3.05. The van der Waals surface area contributed by atoms with Crippen LogP contribution in [0, 0.1) is 23.2 Å². The van der Waals surface area contributed by atoms with Gasteiger partial charge in [0.25, 0.3) is 0 Å². The third-order valence-corrected chi connectivity index (χ3v) is 8.24. The van der Waals surface area contributed by atoms with Crippen molar-refractivity contribution in [1.29, 1.82) is 0 Å². The lowest BCUT2D eigenvalue weighted by Crippen LogP contribution is -2.53. The minimum Gasteiger partial charge on any atom is -0.348 e. The Bertz CT molecular complexity index is 651. The highest BCUT2D eigenvalue weighted by molar-refractivity contribution is 7.99. The Hall–Kier alpha value is -1.04. The molecule has 1 N–H and O–H groups in total. The van der Waals surface area contributed by atoms with Crippen LogP contribution in [0.5, 0.6) is 0 Å². The van der Waals surface area contributed by atoms with Crippen molar-refractivity contribution >= 4 is 17.7 Å². The number of carbonyl (C=O) groups is 1. The Labute approximate surface area is 173 Å². The number of aromatic nitrogens is 3. The molecule has 0 spiro atoms. The normalized spacial score (nSPS) is 30.7. The number of thioether (sulfide) groups is 1. The largest absolute Gasteiger partial charge is 0.348 e. The minimum absolute atomic E-state index is 0.0816. The van der Waals surface area contributed by atoms with Gasteiger partial charge in [-0.25, -0.2) is 0 Å². The van der Waals surface area contributed by atoms with Crippen molar-refractivity contribution in [3.8, 4) is 0 Å². The lowest BCUT2D eigenvalue weighted by atomic mass is 9.49. The van der Waals surface area contributed by atoms with Gasteiger partial charge in [-0.2, -0.15) is 0 Å². The molecule has 5 rings (SSSR count). The van der Waals surface area contributed by atoms with Gasteiger partial charge < -0.3 is 9.88 Å². The van der Waals surface area contributed by atoms with Crippen LogP contribution in [0.2, 0.25) is 0 Å². The summed E-state index contributed by atoms with van der Waals surface area (Å²) in [6, 6.07) is 0. The molecule has 4 fully saturated rings. The molecule has 0 saturated heterocycles. The first-order chi connectivity index (χ1) is 13.6. The molecule has 156 valence electrons. The van der Waals surface area contributed by atoms with Gasteiger partial charge in [0, 0.05) is 17.7 Å². The molecule has 4 bridgehead atoms. The molecule has 0 radical (unpaired) electrons. The quantitative estimate of drug-likeness (QED) is 0.449. The highest BCUT2D eigenvalue weighted by Crippen LogP contribution is 2.60. The van der Waals surface area contributed by atoms with Gasteiger partial charge in [-0.3, -0.25) is 4.79 Å². The summed E-state index contributed by atoms with van der Waals surface area (Å²) < 4.78 is 2.24. The molecule has 4 saturated carbocycles. The second kappa shape index (κ2) is 8.76. The molecule has 1 aromatic heterocycles. The lowest BCUT2D eigenvalue weighted by molar-refractivity contribution is -0.146. The van der Waals surface area contributed by atoms with Crippen molar-refractivity contribution in [3.63, 3.8) is 0 Å². The fraction of sp³-hybridized carbons (Fsp3) is 0.864. The molecular formula is C22H36N4OS. The van der Waals surface area contributed by atoms with Crippen LogP contribution in [0.15, 0.2) is 5.16 Å². The van der Waals surface area contributed by atoms with Crippen LogP contribution in [0.1, 0.15) is 83.9 Å². The molecule has 1 aromatic rings. The van der Waals surface area contributed by atoms with Gasteiger partial charge in [0.1, 0.15) is 0 Å². The number of carbonyl (C=O) groups excluding carboxylic acids is 1. The van der Waals surface area contributed by atoms with E-state index in [0.29, 0.717) is 6.54 Å². The second-order valence-electron chi connectivity index (χ2n) is 9.49. The minimum atomic E-state index is -0.0816. The van der Waals surface area contributed by atoms with Crippen LogP contribution in [-0.2, 0) is 17.9 Å². The van der Waals surface area contributed by atoms with E-state index in [2.05, 4.69) is 33.9 Å². The van der Waals surface area contributed by atoms with Gasteiger partial charge >= 0.3 is 0 Å². The molecule has 4 aliphatic carbocycles. The van der Waals surface area contributed by atoms with E-state index < -0.39 is 0 Å². The summed E-state index contributed by atoms with van der Waals surface area (Å²) in [5.74, 6) is 4.69. The van der Waals surface area contributed by atoms with E-state index in [1.807, 2.05) is 0 Å². The highest BCUT2D eigenvalue weighted by Gasteiger charge is 2.54. The summed E-state index contributed by atoms with van der Waals surface area (Å²) in [6.45, 7) is 5.89. The van der Waals surface area contributed by atoms with Crippen molar-refractivity contribution in [2.24, 2.45) is 23.2 Å². The smallest absolute Gasteiger partial charge is 0.226 e. The maximum atomic E-state index is 13.2. The number of nitrogens with zero attached hydrogens (tertiary/aromatic N) is 3. The molecule has 4 aliphatic rings. The van der Waals surface area contributed by atoms with Crippen LogP contribution in [0.4, 0.5) is 0 Å². The summed E-state index contributed by atoms with van der Waals surface area (Å²) in [6.07, 6.45) is 12.1. The van der Waals surface area contributed by atoms with Crippen LogP contribution < -0.4 is 5.32 Å². The fourth-order valence-electron chi connectivity index (χ4n) is 6.14. The molecule has 1 heterocycles. The lowest BCUT2D eigenvalue weighted by Gasteiger charge is -2.55. The van der Waals surface area contributed by atoms with E-state index in [1.54, 1.807) is 11.8 Å². The van der Waals surface area contributed by atoms with Gasteiger partial charge in [-0.1, -0.05) is 38.5 Å². The van der Waals surface area contributed by atoms with Crippen LogP contribution in [0.25, 0.3) is 0 Å². The van der Waals surface area contributed by atoms with Gasteiger partial charge in [0.05, 0.1) is 6.54 Å². The zero-order chi connectivity index (χ0) is 19.6. The molecule has 0 aromatic carbocycles. The predicted molar refractivity (Wildman–Crippen MR) is 113 cm³/mol. The SMILES string of the molecule is CCCCSc1nnc(CNC(=O)C23CC4CC(CC(C4)C2)C3)n1CCCC. The number of nitrogens with one attached hydrogen (secondary N) is 1. The average molecular weight is 405 g/mol. The molecule has 5 nitrogen and oxygen atoms in total. The van der Waals surface area contributed by atoms with Crippen LogP contribution >= 0.6 is 11.8 Å². The summed E-state index contributed by atoms with van der Waals surface area (Å²) >= 11 is 1.80. The standard InChI is InChI=1S/C22H36N4OS/c1-3-5-7-26-19(24-25-21(26)28-8-6-4-2)15-23-20(27)22-12-16-9-17(13-22)11-18(10-16)14-22/h16-18H,3-15H2,1-2H3,(H,23,27). The van der Waals surface area contributed by atoms with E-state index in [-0.39, 0.29) is 11.3 Å². The molecule has 28 heavy (non-hydrogen) atoms. The summed E-state index contributed by atoms with van der Waals surface area (Å²) in [5, 5.41) is 13.2. The zero-order valence-electron chi connectivity index (χ0n) is 17.6. The molecule has 6 heteroatoms. The van der Waals surface area contributed by atoms with Crippen molar-refractivity contribution in [3.05, 3.63) is 5.82 Å². The first kappa shape index (κ1) is 20.2. The molecular weight excluding hydrogens is 368 g/mol. The topological polar surface area (TPSA) is 59.8 Å². The van der Waals surface area contributed by atoms with Gasteiger partial charge in [0.15, 0.2) is 11.0 Å². The summed E-state index contributed by atoms with van der Waals surface area (Å²) in [4.78, 5) is 13.2. The Morgan fingerprint density at radius 3 is 2.32 bits per heavy atom. The Balaban J connectivity index is 1.40. The Morgan fingerprint density at radius 1 is 1.07 bits per heavy atom. The van der Waals surface area contributed by atoms with Crippen molar-refractivity contribution < 1.29 is 4.79 Å². The van der Waals surface area contributed by atoms with Gasteiger partial charge in [0.2, 0.25) is 5.91 Å². The maximum Gasteiger partial charge on any atom is 0.226 e. The highest BCUT2D eigenvalue weighted by atomic mass is 32.2. The molecule has 1 amide bonds. The Morgan fingerprint density at radius 2 is 1.71 bits per heavy atom. The van der Waals surface area contributed by atoms with Gasteiger partial charge in [-0.05, 0) is 69.1 Å². The van der Waals surface area contributed by atoms with Crippen LogP contribution in [0.3, 0.4) is 0 Å². The van der Waals surface area contributed by atoms with Crippen molar-refractivity contribution in [1.82, 2.24) is 20.1 Å². The summed E-state index contributed by atoms with van der Waals surface area (Å²) in [5.41, 5.74) is -0.0816. The third-order valence-electron chi connectivity index (χ3n) is 7.18. The molecule has 0 unspecified atom stereocenters. The first-order valence-corrected chi connectivity index (χ1v) is 12.4. The molecule has 0 aliphatic heterocycles. The van der Waals surface area contributed by atoms with E-state index >= 15 is 0 Å². The van der Waals surface area contributed by atoms with Crippen LogP contribution in [-0.4, -0.2) is 26.4 Å². The first-order valence-electron chi connectivity index (χ1n) is 11.5. The van der Waals surface area contributed by atoms with E-state index in [0.717, 1.165) is 73.1 Å². The van der Waals surface area contributed by atoms with Gasteiger partial charge in [-0.15, -0.1) is 10.2 Å². The second-order valence-corrected chi connectivity index (χ2v) is 10.5. The van der Waals surface area contributed by atoms with E-state index in [9.17, 15) is 4.79 Å². The monoisotopic (exact) mass is 404 g/mol. The number of hydrogen-bond donors (Lipinski definition) is 1. The zero-order valence-corrected chi connectivity index (χ0v) is 18.4. The van der Waals surface area contributed by atoms with E-state index in [1.165, 1.54) is 32.1 Å². The third kappa shape index (κ3) is 4.12.